The molecule has 0 fully saturated rings. The van der Waals surface area contributed by atoms with Gasteiger partial charge in [-0.05, 0) is 51.1 Å². The molecule has 1 atom stereocenters. The molecule has 1 heterocycles. The number of carbonyl (C=O) groups is 2. The molecule has 0 aromatic heterocycles. The SMILES string of the molecule is COC(=O)C1=C(C)NC(C)=C(C(=O)OCCN(C)Cc2ccccc2)C1c1cccc([N+](=O)[O-])c1.Cc1ccc(S(=O)(=O)O)cc1. The fraction of sp³-hybridized carbons (Fsp3) is 0.273. The van der Waals surface area contributed by atoms with E-state index in [2.05, 4.69) is 5.32 Å². The van der Waals surface area contributed by atoms with Gasteiger partial charge in [-0.3, -0.25) is 19.6 Å². The number of hydrogen-bond acceptors (Lipinski definition) is 10. The first-order chi connectivity index (χ1) is 21.7. The number of carbonyl (C=O) groups excluding carboxylic acids is 2. The molecule has 1 aliphatic rings. The summed E-state index contributed by atoms with van der Waals surface area (Å²) < 4.78 is 40.1. The van der Waals surface area contributed by atoms with Crippen molar-refractivity contribution >= 4 is 27.7 Å². The number of nitro groups is 1. The predicted molar refractivity (Wildman–Crippen MR) is 171 cm³/mol. The highest BCUT2D eigenvalue weighted by Crippen LogP contribution is 2.40. The Labute approximate surface area is 268 Å². The summed E-state index contributed by atoms with van der Waals surface area (Å²) in [5.74, 6) is -2.11. The monoisotopic (exact) mass is 651 g/mol. The summed E-state index contributed by atoms with van der Waals surface area (Å²) in [6.45, 7) is 6.58. The molecule has 0 spiro atoms. The lowest BCUT2D eigenvalue weighted by Crippen LogP contribution is -2.33. The average Bonchev–Trinajstić information content (AvgIpc) is 3.01. The molecule has 0 aliphatic carbocycles. The maximum absolute atomic E-state index is 13.3. The van der Waals surface area contributed by atoms with Crippen molar-refractivity contribution in [1.82, 2.24) is 10.2 Å². The molecule has 244 valence electrons. The van der Waals surface area contributed by atoms with E-state index < -0.39 is 32.9 Å². The highest BCUT2D eigenvalue weighted by atomic mass is 32.2. The van der Waals surface area contributed by atoms with E-state index in [9.17, 15) is 28.1 Å². The van der Waals surface area contributed by atoms with Gasteiger partial charge in [0.25, 0.3) is 15.8 Å². The van der Waals surface area contributed by atoms with Gasteiger partial charge in [0.2, 0.25) is 0 Å². The van der Waals surface area contributed by atoms with Crippen LogP contribution < -0.4 is 5.32 Å². The van der Waals surface area contributed by atoms with Crippen LogP contribution in [0.5, 0.6) is 0 Å². The highest BCUT2D eigenvalue weighted by Gasteiger charge is 2.38. The normalized spacial score (nSPS) is 14.6. The lowest BCUT2D eigenvalue weighted by atomic mass is 9.80. The lowest BCUT2D eigenvalue weighted by Gasteiger charge is -2.30. The molecule has 0 bridgehead atoms. The van der Waals surface area contributed by atoms with E-state index in [0.717, 1.165) is 11.1 Å². The zero-order chi connectivity index (χ0) is 34.0. The van der Waals surface area contributed by atoms with Gasteiger partial charge >= 0.3 is 11.9 Å². The van der Waals surface area contributed by atoms with Crippen LogP contribution >= 0.6 is 0 Å². The van der Waals surface area contributed by atoms with Crippen molar-refractivity contribution in [3.8, 4) is 0 Å². The van der Waals surface area contributed by atoms with Crippen LogP contribution in [0.25, 0.3) is 0 Å². The Morgan fingerprint density at radius 2 is 1.54 bits per heavy atom. The molecule has 0 radical (unpaired) electrons. The summed E-state index contributed by atoms with van der Waals surface area (Å²) in [5.41, 5.74) is 3.81. The fourth-order valence-corrected chi connectivity index (χ4v) is 5.33. The third kappa shape index (κ3) is 9.57. The number of methoxy groups -OCH3 is 1. The summed E-state index contributed by atoms with van der Waals surface area (Å²) in [5, 5.41) is 14.4. The molecule has 12 nitrogen and oxygen atoms in total. The molecule has 13 heteroatoms. The minimum atomic E-state index is -4.02. The van der Waals surface area contributed by atoms with E-state index in [0.29, 0.717) is 30.0 Å². The number of benzene rings is 3. The van der Waals surface area contributed by atoms with Gasteiger partial charge in [-0.1, -0.05) is 60.2 Å². The fourth-order valence-electron chi connectivity index (χ4n) is 4.85. The maximum atomic E-state index is 13.3. The Morgan fingerprint density at radius 3 is 2.11 bits per heavy atom. The van der Waals surface area contributed by atoms with Gasteiger partial charge in [-0.2, -0.15) is 8.42 Å². The van der Waals surface area contributed by atoms with Crippen LogP contribution in [0.3, 0.4) is 0 Å². The Hall–Kier alpha value is -4.85. The molecule has 0 saturated carbocycles. The Kier molecular flexibility index (Phi) is 12.3. The summed E-state index contributed by atoms with van der Waals surface area (Å²) in [7, 11) is -0.839. The lowest BCUT2D eigenvalue weighted by molar-refractivity contribution is -0.384. The van der Waals surface area contributed by atoms with Crippen molar-refractivity contribution in [1.29, 1.82) is 0 Å². The molecular formula is C33H37N3O9S. The largest absolute Gasteiger partial charge is 0.466 e. The van der Waals surface area contributed by atoms with E-state index in [-0.39, 0.29) is 28.3 Å². The second-order valence-corrected chi connectivity index (χ2v) is 12.0. The van der Waals surface area contributed by atoms with Gasteiger partial charge in [0.1, 0.15) is 6.61 Å². The van der Waals surface area contributed by atoms with Crippen LogP contribution in [-0.4, -0.2) is 62.0 Å². The molecule has 0 amide bonds. The summed E-state index contributed by atoms with van der Waals surface area (Å²) in [6.07, 6.45) is 0. The van der Waals surface area contributed by atoms with E-state index in [1.807, 2.05) is 49.2 Å². The number of nitrogens with one attached hydrogen (secondary N) is 1. The van der Waals surface area contributed by atoms with Crippen LogP contribution in [0, 0.1) is 17.0 Å². The van der Waals surface area contributed by atoms with Gasteiger partial charge in [0.15, 0.2) is 0 Å². The number of rotatable bonds is 10. The molecule has 1 aliphatic heterocycles. The number of nitrogens with zero attached hydrogens (tertiary/aromatic N) is 2. The minimum absolute atomic E-state index is 0.0666. The topological polar surface area (TPSA) is 165 Å². The third-order valence-electron chi connectivity index (χ3n) is 7.12. The molecule has 4 rings (SSSR count). The van der Waals surface area contributed by atoms with Crippen molar-refractivity contribution in [2.45, 2.75) is 38.1 Å². The molecule has 3 aromatic rings. The summed E-state index contributed by atoms with van der Waals surface area (Å²) in [6, 6.07) is 21.8. The van der Waals surface area contributed by atoms with E-state index in [4.69, 9.17) is 14.0 Å². The zero-order valence-electron chi connectivity index (χ0n) is 26.2. The molecule has 0 saturated heterocycles. The maximum Gasteiger partial charge on any atom is 0.336 e. The van der Waals surface area contributed by atoms with Crippen molar-refractivity contribution in [2.75, 3.05) is 27.3 Å². The number of dihydropyridines is 1. The van der Waals surface area contributed by atoms with E-state index in [1.165, 1.54) is 37.4 Å². The van der Waals surface area contributed by atoms with Gasteiger partial charge < -0.3 is 14.8 Å². The summed E-state index contributed by atoms with van der Waals surface area (Å²) in [4.78, 5) is 38.8. The van der Waals surface area contributed by atoms with Crippen LogP contribution in [-0.2, 0) is 35.7 Å². The quantitative estimate of drug-likeness (QED) is 0.132. The van der Waals surface area contributed by atoms with Gasteiger partial charge in [0.05, 0.1) is 34.0 Å². The number of likely N-dealkylation sites (N-methyl/N-ethyl adjacent to an activating group) is 1. The summed E-state index contributed by atoms with van der Waals surface area (Å²) >= 11 is 0. The van der Waals surface area contributed by atoms with E-state index in [1.54, 1.807) is 32.0 Å². The smallest absolute Gasteiger partial charge is 0.336 e. The molecule has 3 aromatic carbocycles. The van der Waals surface area contributed by atoms with E-state index >= 15 is 0 Å². The molecular weight excluding hydrogens is 614 g/mol. The van der Waals surface area contributed by atoms with Crippen molar-refractivity contribution < 1.29 is 37.0 Å². The Balaban J connectivity index is 0.000000441. The van der Waals surface area contributed by atoms with Crippen LogP contribution in [0.15, 0.2) is 106 Å². The average molecular weight is 652 g/mol. The van der Waals surface area contributed by atoms with Crippen LogP contribution in [0.4, 0.5) is 5.69 Å². The highest BCUT2D eigenvalue weighted by molar-refractivity contribution is 7.85. The molecule has 46 heavy (non-hydrogen) atoms. The number of ether oxygens (including phenoxy) is 2. The molecule has 1 unspecified atom stereocenters. The number of non-ortho nitro benzene ring substituents is 1. The van der Waals surface area contributed by atoms with Crippen molar-refractivity contribution in [3.63, 3.8) is 0 Å². The number of hydrogen-bond donors (Lipinski definition) is 2. The number of allylic oxidation sites excluding steroid dienone is 2. The number of aryl methyl sites for hydroxylation is 1. The first kappa shape index (κ1) is 35.6. The minimum Gasteiger partial charge on any atom is -0.466 e. The predicted octanol–water partition coefficient (Wildman–Crippen LogP) is 4.92. The number of nitro benzene ring substituents is 1. The van der Waals surface area contributed by atoms with Crippen LogP contribution in [0.2, 0.25) is 0 Å². The van der Waals surface area contributed by atoms with Crippen LogP contribution in [0.1, 0.15) is 36.5 Å². The second kappa shape index (κ2) is 15.9. The Morgan fingerprint density at radius 1 is 0.935 bits per heavy atom. The Bertz CT molecular complexity index is 1740. The number of esters is 2. The van der Waals surface area contributed by atoms with Crippen molar-refractivity contribution in [3.05, 3.63) is 128 Å². The van der Waals surface area contributed by atoms with Crippen molar-refractivity contribution in [2.24, 2.45) is 0 Å². The standard InChI is InChI=1S/C26H29N3O6.C7H8O3S/c1-17-22(25(30)34-4)24(20-11-8-12-21(15-20)29(32)33)23(18(2)27-17)26(31)35-14-13-28(3)16-19-9-6-5-7-10-19;1-6-2-4-7(5-3-6)11(8,9)10/h5-12,15,24,27H,13-14,16H2,1-4H3;2-5H,1H3,(H,8,9,10). The van der Waals surface area contributed by atoms with Gasteiger partial charge in [0, 0.05) is 36.6 Å². The zero-order valence-corrected chi connectivity index (χ0v) is 27.0. The third-order valence-corrected chi connectivity index (χ3v) is 7.99. The first-order valence-corrected chi connectivity index (χ1v) is 15.6. The van der Waals surface area contributed by atoms with Gasteiger partial charge in [-0.25, -0.2) is 9.59 Å². The van der Waals surface area contributed by atoms with Gasteiger partial charge in [-0.15, -0.1) is 0 Å². The second-order valence-electron chi connectivity index (χ2n) is 10.6. The first-order valence-electron chi connectivity index (χ1n) is 14.2. The molecule has 2 N–H and O–H groups in total.